The van der Waals surface area contributed by atoms with Crippen molar-refractivity contribution in [2.24, 2.45) is 0 Å². The number of rotatable bonds is 2. The Labute approximate surface area is 89.7 Å². The van der Waals surface area contributed by atoms with E-state index in [0.29, 0.717) is 13.2 Å². The molecule has 0 unspecified atom stereocenters. The molecule has 2 rings (SSSR count). The van der Waals surface area contributed by atoms with Crippen molar-refractivity contribution in [2.75, 3.05) is 24.7 Å². The second-order valence-corrected chi connectivity index (χ2v) is 3.62. The van der Waals surface area contributed by atoms with E-state index in [0.717, 1.165) is 12.1 Å². The Morgan fingerprint density at radius 2 is 2.07 bits per heavy atom. The van der Waals surface area contributed by atoms with E-state index in [9.17, 15) is 4.79 Å². The average molecular weight is 205 g/mol. The van der Waals surface area contributed by atoms with Gasteiger partial charge in [0.2, 0.25) is 0 Å². The van der Waals surface area contributed by atoms with Crippen LogP contribution in [0.1, 0.15) is 12.5 Å². The minimum absolute atomic E-state index is 0.0468. The molecule has 0 atom stereocenters. The molecule has 1 saturated heterocycles. The SMILES string of the molecule is CCc1ccc(N2CCOCC2=O)cc1. The van der Waals surface area contributed by atoms with E-state index in [-0.39, 0.29) is 12.5 Å². The zero-order valence-corrected chi connectivity index (χ0v) is 8.90. The van der Waals surface area contributed by atoms with Crippen molar-refractivity contribution in [3.8, 4) is 0 Å². The van der Waals surface area contributed by atoms with Crippen molar-refractivity contribution < 1.29 is 9.53 Å². The number of hydrogen-bond donors (Lipinski definition) is 0. The highest BCUT2D eigenvalue weighted by molar-refractivity contribution is 5.94. The predicted octanol–water partition coefficient (Wildman–Crippen LogP) is 1.61. The smallest absolute Gasteiger partial charge is 0.253 e. The fourth-order valence-corrected chi connectivity index (χ4v) is 1.70. The third-order valence-corrected chi connectivity index (χ3v) is 2.64. The maximum Gasteiger partial charge on any atom is 0.253 e. The summed E-state index contributed by atoms with van der Waals surface area (Å²) in [5, 5.41) is 0. The summed E-state index contributed by atoms with van der Waals surface area (Å²) in [6, 6.07) is 8.14. The molecule has 1 aromatic carbocycles. The summed E-state index contributed by atoms with van der Waals surface area (Å²) < 4.78 is 5.09. The number of amides is 1. The van der Waals surface area contributed by atoms with Crippen molar-refractivity contribution >= 4 is 11.6 Å². The molecule has 1 aliphatic heterocycles. The summed E-state index contributed by atoms with van der Waals surface area (Å²) in [6.45, 7) is 3.61. The lowest BCUT2D eigenvalue weighted by Crippen LogP contribution is -2.41. The molecule has 80 valence electrons. The summed E-state index contributed by atoms with van der Waals surface area (Å²) >= 11 is 0. The van der Waals surface area contributed by atoms with E-state index in [1.54, 1.807) is 4.90 Å². The predicted molar refractivity (Wildman–Crippen MR) is 59.0 cm³/mol. The normalized spacial score (nSPS) is 16.9. The van der Waals surface area contributed by atoms with Crippen LogP contribution in [0.15, 0.2) is 24.3 Å². The van der Waals surface area contributed by atoms with Crippen LogP contribution in [-0.2, 0) is 16.0 Å². The van der Waals surface area contributed by atoms with Crippen molar-refractivity contribution in [2.45, 2.75) is 13.3 Å². The Morgan fingerprint density at radius 3 is 2.67 bits per heavy atom. The molecule has 3 nitrogen and oxygen atoms in total. The summed E-state index contributed by atoms with van der Waals surface area (Å²) in [5.74, 6) is 0.0468. The second kappa shape index (κ2) is 4.45. The van der Waals surface area contributed by atoms with Gasteiger partial charge < -0.3 is 9.64 Å². The van der Waals surface area contributed by atoms with E-state index in [4.69, 9.17) is 4.74 Å². The summed E-state index contributed by atoms with van der Waals surface area (Å²) in [4.78, 5) is 13.3. The molecule has 0 aliphatic carbocycles. The zero-order chi connectivity index (χ0) is 10.7. The first-order valence-electron chi connectivity index (χ1n) is 5.28. The van der Waals surface area contributed by atoms with Crippen molar-refractivity contribution in [3.05, 3.63) is 29.8 Å². The first-order valence-corrected chi connectivity index (χ1v) is 5.28. The fraction of sp³-hybridized carbons (Fsp3) is 0.417. The number of morpholine rings is 1. The van der Waals surface area contributed by atoms with Gasteiger partial charge in [-0.05, 0) is 24.1 Å². The van der Waals surface area contributed by atoms with Crippen LogP contribution in [0.4, 0.5) is 5.69 Å². The van der Waals surface area contributed by atoms with Gasteiger partial charge in [-0.25, -0.2) is 0 Å². The molecule has 0 bridgehead atoms. The maximum absolute atomic E-state index is 11.6. The van der Waals surface area contributed by atoms with E-state index >= 15 is 0 Å². The lowest BCUT2D eigenvalue weighted by Gasteiger charge is -2.26. The molecule has 15 heavy (non-hydrogen) atoms. The Morgan fingerprint density at radius 1 is 1.33 bits per heavy atom. The molecular formula is C12H15NO2. The van der Waals surface area contributed by atoms with Gasteiger partial charge in [0.05, 0.1) is 6.61 Å². The molecule has 1 amide bonds. The van der Waals surface area contributed by atoms with Crippen LogP contribution in [0.3, 0.4) is 0 Å². The van der Waals surface area contributed by atoms with Crippen molar-refractivity contribution in [1.29, 1.82) is 0 Å². The Balaban J connectivity index is 2.17. The summed E-state index contributed by atoms with van der Waals surface area (Å²) in [5.41, 5.74) is 2.26. The number of anilines is 1. The van der Waals surface area contributed by atoms with Gasteiger partial charge in [0.15, 0.2) is 0 Å². The molecule has 0 saturated carbocycles. The minimum Gasteiger partial charge on any atom is -0.370 e. The van der Waals surface area contributed by atoms with Crippen LogP contribution >= 0.6 is 0 Å². The van der Waals surface area contributed by atoms with E-state index in [2.05, 4.69) is 19.1 Å². The molecule has 0 aromatic heterocycles. The second-order valence-electron chi connectivity index (χ2n) is 3.62. The highest BCUT2D eigenvalue weighted by atomic mass is 16.5. The third kappa shape index (κ3) is 2.18. The average Bonchev–Trinajstić information content (AvgIpc) is 2.30. The van der Waals surface area contributed by atoms with E-state index in [1.165, 1.54) is 5.56 Å². The van der Waals surface area contributed by atoms with Crippen LogP contribution < -0.4 is 4.90 Å². The number of carbonyl (C=O) groups excluding carboxylic acids is 1. The standard InChI is InChI=1S/C12H15NO2/c1-2-10-3-5-11(6-4-10)13-7-8-15-9-12(13)14/h3-6H,2,7-9H2,1H3. The Hall–Kier alpha value is -1.35. The highest BCUT2D eigenvalue weighted by Gasteiger charge is 2.19. The highest BCUT2D eigenvalue weighted by Crippen LogP contribution is 2.17. The third-order valence-electron chi connectivity index (χ3n) is 2.64. The first kappa shape index (κ1) is 10.2. The molecule has 1 heterocycles. The summed E-state index contributed by atoms with van der Waals surface area (Å²) in [6.07, 6.45) is 1.03. The van der Waals surface area contributed by atoms with Gasteiger partial charge >= 0.3 is 0 Å². The van der Waals surface area contributed by atoms with Gasteiger partial charge in [-0.1, -0.05) is 19.1 Å². The van der Waals surface area contributed by atoms with E-state index in [1.807, 2.05) is 12.1 Å². The lowest BCUT2D eigenvalue weighted by molar-refractivity contribution is -0.125. The van der Waals surface area contributed by atoms with Crippen molar-refractivity contribution in [1.82, 2.24) is 0 Å². The molecule has 1 aliphatic rings. The van der Waals surface area contributed by atoms with Crippen LogP contribution in [-0.4, -0.2) is 25.7 Å². The Bertz CT molecular complexity index is 345. The molecule has 3 heteroatoms. The summed E-state index contributed by atoms with van der Waals surface area (Å²) in [7, 11) is 0. The van der Waals surface area contributed by atoms with E-state index < -0.39 is 0 Å². The van der Waals surface area contributed by atoms with Crippen LogP contribution in [0, 0.1) is 0 Å². The van der Waals surface area contributed by atoms with Gasteiger partial charge in [-0.2, -0.15) is 0 Å². The molecule has 0 spiro atoms. The zero-order valence-electron chi connectivity index (χ0n) is 8.90. The van der Waals surface area contributed by atoms with Gasteiger partial charge in [0.25, 0.3) is 5.91 Å². The molecule has 0 radical (unpaired) electrons. The molecule has 1 fully saturated rings. The molecule has 0 N–H and O–H groups in total. The topological polar surface area (TPSA) is 29.5 Å². The number of ether oxygens (including phenoxy) is 1. The quantitative estimate of drug-likeness (QED) is 0.734. The number of nitrogens with zero attached hydrogens (tertiary/aromatic N) is 1. The maximum atomic E-state index is 11.6. The number of hydrogen-bond acceptors (Lipinski definition) is 2. The number of benzene rings is 1. The van der Waals surface area contributed by atoms with Gasteiger partial charge in [-0.3, -0.25) is 4.79 Å². The Kier molecular flexibility index (Phi) is 3.02. The van der Waals surface area contributed by atoms with Gasteiger partial charge in [0.1, 0.15) is 6.61 Å². The van der Waals surface area contributed by atoms with Crippen LogP contribution in [0.25, 0.3) is 0 Å². The molecule has 1 aromatic rings. The van der Waals surface area contributed by atoms with Crippen LogP contribution in [0.2, 0.25) is 0 Å². The number of aryl methyl sites for hydroxylation is 1. The lowest BCUT2D eigenvalue weighted by atomic mass is 10.1. The first-order chi connectivity index (χ1) is 7.31. The van der Waals surface area contributed by atoms with Gasteiger partial charge in [0, 0.05) is 12.2 Å². The fourth-order valence-electron chi connectivity index (χ4n) is 1.70. The van der Waals surface area contributed by atoms with Crippen LogP contribution in [0.5, 0.6) is 0 Å². The van der Waals surface area contributed by atoms with Gasteiger partial charge in [-0.15, -0.1) is 0 Å². The molecular weight excluding hydrogens is 190 g/mol. The monoisotopic (exact) mass is 205 g/mol. The largest absolute Gasteiger partial charge is 0.370 e. The van der Waals surface area contributed by atoms with Crippen molar-refractivity contribution in [3.63, 3.8) is 0 Å². The number of carbonyl (C=O) groups is 1. The minimum atomic E-state index is 0.0468.